The Bertz CT molecular complexity index is 602. The monoisotopic (exact) mass is 248 g/mol. The van der Waals surface area contributed by atoms with E-state index in [-0.39, 0.29) is 11.3 Å². The molecule has 0 bridgehead atoms. The molecule has 1 aromatic heterocycles. The number of rotatable bonds is 3. The van der Waals surface area contributed by atoms with E-state index in [0.29, 0.717) is 13.2 Å². The second-order valence-electron chi connectivity index (χ2n) is 5.44. The van der Waals surface area contributed by atoms with Gasteiger partial charge in [0.2, 0.25) is 0 Å². The predicted octanol–water partition coefficient (Wildman–Crippen LogP) is 2.16. The van der Waals surface area contributed by atoms with Crippen LogP contribution in [0.2, 0.25) is 0 Å². The van der Waals surface area contributed by atoms with Gasteiger partial charge in [0.05, 0.1) is 29.8 Å². The van der Waals surface area contributed by atoms with Crippen LogP contribution in [0.4, 0.5) is 0 Å². The SMILES string of the molecule is Cn1c(=O)n(CCOC(C)(C)C)c2ccccc21. The van der Waals surface area contributed by atoms with Gasteiger partial charge >= 0.3 is 5.69 Å². The molecular formula is C14H20N2O2. The van der Waals surface area contributed by atoms with Gasteiger partial charge < -0.3 is 4.74 Å². The molecule has 0 saturated carbocycles. The van der Waals surface area contributed by atoms with Gasteiger partial charge in [-0.1, -0.05) is 12.1 Å². The first kappa shape index (κ1) is 12.9. The minimum Gasteiger partial charge on any atom is -0.374 e. The Balaban J connectivity index is 2.28. The van der Waals surface area contributed by atoms with Crippen LogP contribution in [-0.2, 0) is 18.3 Å². The minimum absolute atomic E-state index is 0.00806. The Kier molecular flexibility index (Phi) is 3.30. The second-order valence-corrected chi connectivity index (χ2v) is 5.44. The third kappa shape index (κ3) is 2.48. The predicted molar refractivity (Wildman–Crippen MR) is 72.9 cm³/mol. The average molecular weight is 248 g/mol. The zero-order chi connectivity index (χ0) is 13.3. The summed E-state index contributed by atoms with van der Waals surface area (Å²) in [5.74, 6) is 0. The quantitative estimate of drug-likeness (QED) is 0.834. The fourth-order valence-corrected chi connectivity index (χ4v) is 2.02. The van der Waals surface area contributed by atoms with Gasteiger partial charge in [-0.25, -0.2) is 4.79 Å². The fourth-order valence-electron chi connectivity index (χ4n) is 2.02. The lowest BCUT2D eigenvalue weighted by atomic mass is 10.2. The first-order valence-corrected chi connectivity index (χ1v) is 6.18. The van der Waals surface area contributed by atoms with Gasteiger partial charge in [0.25, 0.3) is 0 Å². The van der Waals surface area contributed by atoms with Crippen molar-refractivity contribution < 1.29 is 4.74 Å². The number of imidazole rings is 1. The standard InChI is InChI=1S/C14H20N2O2/c1-14(2,3)18-10-9-16-12-8-6-5-7-11(12)15(4)13(16)17/h5-8H,9-10H2,1-4H3. The van der Waals surface area contributed by atoms with E-state index < -0.39 is 0 Å². The number of hydrogen-bond donors (Lipinski definition) is 0. The number of ether oxygens (including phenoxy) is 1. The largest absolute Gasteiger partial charge is 0.374 e. The highest BCUT2D eigenvalue weighted by atomic mass is 16.5. The molecule has 0 radical (unpaired) electrons. The molecule has 0 amide bonds. The summed E-state index contributed by atoms with van der Waals surface area (Å²) in [5, 5.41) is 0. The molecule has 2 rings (SSSR count). The Morgan fingerprint density at radius 1 is 1.17 bits per heavy atom. The molecule has 0 aliphatic rings. The Hall–Kier alpha value is -1.55. The van der Waals surface area contributed by atoms with Crippen molar-refractivity contribution in [1.29, 1.82) is 0 Å². The normalized spacial score (nSPS) is 12.2. The molecule has 0 aliphatic heterocycles. The Morgan fingerprint density at radius 2 is 1.78 bits per heavy atom. The minimum atomic E-state index is -0.172. The van der Waals surface area contributed by atoms with Crippen LogP contribution in [0.1, 0.15) is 20.8 Å². The lowest BCUT2D eigenvalue weighted by Gasteiger charge is -2.19. The number of benzene rings is 1. The average Bonchev–Trinajstić information content (AvgIpc) is 2.53. The lowest BCUT2D eigenvalue weighted by Crippen LogP contribution is -2.27. The van der Waals surface area contributed by atoms with Gasteiger partial charge in [0.15, 0.2) is 0 Å². The molecule has 1 aromatic carbocycles. The van der Waals surface area contributed by atoms with Gasteiger partial charge in [0, 0.05) is 7.05 Å². The van der Waals surface area contributed by atoms with Gasteiger partial charge in [-0.3, -0.25) is 9.13 Å². The molecule has 0 atom stereocenters. The van der Waals surface area contributed by atoms with Gasteiger partial charge in [-0.15, -0.1) is 0 Å². The van der Waals surface area contributed by atoms with Crippen molar-refractivity contribution in [3.63, 3.8) is 0 Å². The summed E-state index contributed by atoms with van der Waals surface area (Å²) in [6.07, 6.45) is 0. The molecule has 1 heterocycles. The summed E-state index contributed by atoms with van der Waals surface area (Å²) in [5.41, 5.74) is 1.75. The van der Waals surface area contributed by atoms with Gasteiger partial charge in [0.1, 0.15) is 0 Å². The van der Waals surface area contributed by atoms with E-state index >= 15 is 0 Å². The Morgan fingerprint density at radius 3 is 2.39 bits per heavy atom. The lowest BCUT2D eigenvalue weighted by molar-refractivity contribution is -0.00679. The van der Waals surface area contributed by atoms with Crippen LogP contribution in [0.15, 0.2) is 29.1 Å². The van der Waals surface area contributed by atoms with Crippen LogP contribution in [0, 0.1) is 0 Å². The number of para-hydroxylation sites is 2. The summed E-state index contributed by atoms with van der Waals surface area (Å²) in [6.45, 7) is 7.16. The number of aromatic nitrogens is 2. The topological polar surface area (TPSA) is 36.2 Å². The Labute approximate surface area is 107 Å². The van der Waals surface area contributed by atoms with E-state index in [1.807, 2.05) is 45.0 Å². The van der Waals surface area contributed by atoms with E-state index in [4.69, 9.17) is 4.74 Å². The molecule has 0 fully saturated rings. The molecule has 4 nitrogen and oxygen atoms in total. The van der Waals surface area contributed by atoms with E-state index in [2.05, 4.69) is 0 Å². The first-order chi connectivity index (χ1) is 8.40. The maximum Gasteiger partial charge on any atom is 0.328 e. The van der Waals surface area contributed by atoms with E-state index in [9.17, 15) is 4.79 Å². The first-order valence-electron chi connectivity index (χ1n) is 6.18. The van der Waals surface area contributed by atoms with E-state index in [0.717, 1.165) is 11.0 Å². The number of aryl methyl sites for hydroxylation is 1. The van der Waals surface area contributed by atoms with Crippen molar-refractivity contribution in [3.05, 3.63) is 34.7 Å². The van der Waals surface area contributed by atoms with Crippen LogP contribution in [0.3, 0.4) is 0 Å². The zero-order valence-corrected chi connectivity index (χ0v) is 11.4. The molecular weight excluding hydrogens is 228 g/mol. The number of hydrogen-bond acceptors (Lipinski definition) is 2. The summed E-state index contributed by atoms with van der Waals surface area (Å²) in [7, 11) is 1.80. The van der Waals surface area contributed by atoms with Crippen LogP contribution in [0.25, 0.3) is 11.0 Å². The zero-order valence-electron chi connectivity index (χ0n) is 11.4. The van der Waals surface area contributed by atoms with Gasteiger partial charge in [-0.05, 0) is 32.9 Å². The highest BCUT2D eigenvalue weighted by Gasteiger charge is 2.12. The smallest absolute Gasteiger partial charge is 0.328 e. The maximum atomic E-state index is 12.1. The molecule has 0 unspecified atom stereocenters. The van der Waals surface area contributed by atoms with E-state index in [1.54, 1.807) is 16.2 Å². The van der Waals surface area contributed by atoms with Crippen molar-refractivity contribution in [2.45, 2.75) is 32.9 Å². The molecule has 0 saturated heterocycles. The molecule has 98 valence electrons. The molecule has 18 heavy (non-hydrogen) atoms. The third-order valence-corrected chi connectivity index (χ3v) is 2.90. The van der Waals surface area contributed by atoms with Crippen LogP contribution < -0.4 is 5.69 Å². The number of nitrogens with zero attached hydrogens (tertiary/aromatic N) is 2. The number of fused-ring (bicyclic) bond motifs is 1. The molecule has 2 aromatic rings. The second kappa shape index (κ2) is 4.61. The summed E-state index contributed by atoms with van der Waals surface area (Å²) in [4.78, 5) is 12.1. The third-order valence-electron chi connectivity index (χ3n) is 2.90. The molecule has 0 aliphatic carbocycles. The van der Waals surface area contributed by atoms with Crippen molar-refractivity contribution in [2.24, 2.45) is 7.05 Å². The van der Waals surface area contributed by atoms with E-state index in [1.165, 1.54) is 0 Å². The van der Waals surface area contributed by atoms with Crippen molar-refractivity contribution in [1.82, 2.24) is 9.13 Å². The molecule has 0 N–H and O–H groups in total. The highest BCUT2D eigenvalue weighted by molar-refractivity contribution is 5.75. The van der Waals surface area contributed by atoms with Crippen LogP contribution in [0.5, 0.6) is 0 Å². The molecule has 4 heteroatoms. The highest BCUT2D eigenvalue weighted by Crippen LogP contribution is 2.12. The maximum absolute atomic E-state index is 12.1. The van der Waals surface area contributed by atoms with Crippen LogP contribution >= 0.6 is 0 Å². The van der Waals surface area contributed by atoms with Crippen molar-refractivity contribution in [3.8, 4) is 0 Å². The van der Waals surface area contributed by atoms with Gasteiger partial charge in [-0.2, -0.15) is 0 Å². The molecule has 0 spiro atoms. The summed E-state index contributed by atoms with van der Waals surface area (Å²) < 4.78 is 9.12. The fraction of sp³-hybridized carbons (Fsp3) is 0.500. The summed E-state index contributed by atoms with van der Waals surface area (Å²) in [6, 6.07) is 7.81. The van der Waals surface area contributed by atoms with Crippen molar-refractivity contribution >= 4 is 11.0 Å². The summed E-state index contributed by atoms with van der Waals surface area (Å²) >= 11 is 0. The van der Waals surface area contributed by atoms with Crippen LogP contribution in [-0.4, -0.2) is 21.3 Å². The van der Waals surface area contributed by atoms with Crippen molar-refractivity contribution in [2.75, 3.05) is 6.61 Å².